The van der Waals surface area contributed by atoms with E-state index in [4.69, 9.17) is 10.5 Å². The van der Waals surface area contributed by atoms with Crippen LogP contribution >= 0.6 is 0 Å². The van der Waals surface area contributed by atoms with Gasteiger partial charge in [0.25, 0.3) is 0 Å². The predicted octanol–water partition coefficient (Wildman–Crippen LogP) is 0.858. The van der Waals surface area contributed by atoms with E-state index in [0.29, 0.717) is 18.7 Å². The fraction of sp³-hybridized carbons (Fsp3) is 0.300. The minimum atomic E-state index is -0.214. The Morgan fingerprint density at radius 1 is 1.46 bits per heavy atom. The molecule has 1 aromatic rings. The van der Waals surface area contributed by atoms with Crippen LogP contribution in [-0.4, -0.2) is 12.5 Å². The van der Waals surface area contributed by atoms with E-state index < -0.39 is 0 Å². The summed E-state index contributed by atoms with van der Waals surface area (Å²) in [5.74, 6) is -0.214. The highest BCUT2D eigenvalue weighted by atomic mass is 16.5. The van der Waals surface area contributed by atoms with Crippen LogP contribution < -0.4 is 5.73 Å². The topological polar surface area (TPSA) is 52.3 Å². The van der Waals surface area contributed by atoms with Crippen LogP contribution in [0.15, 0.2) is 18.2 Å². The summed E-state index contributed by atoms with van der Waals surface area (Å²) in [6, 6.07) is 5.66. The first-order valence-corrected chi connectivity index (χ1v) is 4.31. The summed E-state index contributed by atoms with van der Waals surface area (Å²) >= 11 is 0. The molecule has 1 aliphatic rings. The Bertz CT molecular complexity index is 347. The largest absolute Gasteiger partial charge is 0.457 e. The van der Waals surface area contributed by atoms with Gasteiger partial charge >= 0.3 is 5.97 Å². The molecule has 1 heterocycles. The smallest absolute Gasteiger partial charge is 0.338 e. The van der Waals surface area contributed by atoms with Crippen LogP contribution in [0.25, 0.3) is 0 Å². The van der Waals surface area contributed by atoms with Crippen LogP contribution in [0, 0.1) is 0 Å². The Hall–Kier alpha value is -1.35. The molecule has 0 aliphatic carbocycles. The van der Waals surface area contributed by atoms with Crippen molar-refractivity contribution in [1.29, 1.82) is 0 Å². The van der Waals surface area contributed by atoms with Gasteiger partial charge in [0.05, 0.1) is 5.56 Å². The fourth-order valence-electron chi connectivity index (χ4n) is 1.60. The summed E-state index contributed by atoms with van der Waals surface area (Å²) in [4.78, 5) is 11.2. The van der Waals surface area contributed by atoms with E-state index in [0.717, 1.165) is 17.5 Å². The summed E-state index contributed by atoms with van der Waals surface area (Å²) in [6.07, 6.45) is 0.805. The predicted molar refractivity (Wildman–Crippen MR) is 48.3 cm³/mol. The number of benzene rings is 1. The van der Waals surface area contributed by atoms with Gasteiger partial charge in [0.15, 0.2) is 0 Å². The third kappa shape index (κ3) is 1.31. The van der Waals surface area contributed by atoms with Gasteiger partial charge in [0.2, 0.25) is 0 Å². The molecule has 0 saturated carbocycles. The maximum absolute atomic E-state index is 11.2. The van der Waals surface area contributed by atoms with Crippen LogP contribution in [0.2, 0.25) is 0 Å². The zero-order chi connectivity index (χ0) is 9.26. The maximum Gasteiger partial charge on any atom is 0.338 e. The summed E-state index contributed by atoms with van der Waals surface area (Å²) in [7, 11) is 0. The summed E-state index contributed by atoms with van der Waals surface area (Å²) in [5, 5.41) is 0. The monoisotopic (exact) mass is 177 g/mol. The maximum atomic E-state index is 11.2. The molecule has 0 saturated heterocycles. The molecule has 0 unspecified atom stereocenters. The quantitative estimate of drug-likeness (QED) is 0.681. The average Bonchev–Trinajstić information content (AvgIpc) is 2.50. The van der Waals surface area contributed by atoms with Crippen molar-refractivity contribution >= 4 is 5.97 Å². The average molecular weight is 177 g/mol. The van der Waals surface area contributed by atoms with Crippen molar-refractivity contribution in [2.75, 3.05) is 6.54 Å². The van der Waals surface area contributed by atoms with Crippen molar-refractivity contribution in [3.05, 3.63) is 34.9 Å². The van der Waals surface area contributed by atoms with Crippen LogP contribution in [0.4, 0.5) is 0 Å². The first-order chi connectivity index (χ1) is 6.33. The van der Waals surface area contributed by atoms with E-state index in [1.165, 1.54) is 0 Å². The standard InChI is InChI=1S/C10H11NO2/c11-5-4-7-2-1-3-8-9(7)6-13-10(8)12/h1-3H,4-6,11H2. The van der Waals surface area contributed by atoms with E-state index in [-0.39, 0.29) is 5.97 Å². The van der Waals surface area contributed by atoms with Gasteiger partial charge in [-0.15, -0.1) is 0 Å². The third-order valence-electron chi connectivity index (χ3n) is 2.25. The molecular formula is C10H11NO2. The second-order valence-corrected chi connectivity index (χ2v) is 3.06. The van der Waals surface area contributed by atoms with Gasteiger partial charge in [0.1, 0.15) is 6.61 Å². The lowest BCUT2D eigenvalue weighted by Gasteiger charge is -2.02. The zero-order valence-electron chi connectivity index (χ0n) is 7.25. The molecular weight excluding hydrogens is 166 g/mol. The Morgan fingerprint density at radius 3 is 3.08 bits per heavy atom. The van der Waals surface area contributed by atoms with E-state index >= 15 is 0 Å². The van der Waals surface area contributed by atoms with E-state index in [9.17, 15) is 4.79 Å². The first-order valence-electron chi connectivity index (χ1n) is 4.31. The molecule has 0 amide bonds. The van der Waals surface area contributed by atoms with Gasteiger partial charge in [-0.2, -0.15) is 0 Å². The second-order valence-electron chi connectivity index (χ2n) is 3.06. The van der Waals surface area contributed by atoms with Gasteiger partial charge in [-0.05, 0) is 24.6 Å². The van der Waals surface area contributed by atoms with Crippen molar-refractivity contribution < 1.29 is 9.53 Å². The van der Waals surface area contributed by atoms with Crippen LogP contribution in [0.1, 0.15) is 21.5 Å². The van der Waals surface area contributed by atoms with Crippen LogP contribution in [-0.2, 0) is 17.8 Å². The first kappa shape index (κ1) is 8.26. The van der Waals surface area contributed by atoms with Gasteiger partial charge in [-0.25, -0.2) is 4.79 Å². The molecule has 0 atom stereocenters. The molecule has 0 fully saturated rings. The number of rotatable bonds is 2. The molecule has 0 radical (unpaired) electrons. The molecule has 0 spiro atoms. The lowest BCUT2D eigenvalue weighted by atomic mass is 10.0. The number of fused-ring (bicyclic) bond motifs is 1. The molecule has 68 valence electrons. The molecule has 0 bridgehead atoms. The number of hydrogen-bond acceptors (Lipinski definition) is 3. The highest BCUT2D eigenvalue weighted by molar-refractivity contribution is 5.93. The number of hydrogen-bond donors (Lipinski definition) is 1. The molecule has 1 aromatic carbocycles. The summed E-state index contributed by atoms with van der Waals surface area (Å²) in [5.41, 5.74) is 8.31. The van der Waals surface area contributed by atoms with Gasteiger partial charge in [-0.3, -0.25) is 0 Å². The number of carbonyl (C=O) groups is 1. The second kappa shape index (κ2) is 3.18. The summed E-state index contributed by atoms with van der Waals surface area (Å²) < 4.78 is 4.93. The zero-order valence-corrected chi connectivity index (χ0v) is 7.25. The van der Waals surface area contributed by atoms with Crippen molar-refractivity contribution in [3.8, 4) is 0 Å². The highest BCUT2D eigenvalue weighted by Gasteiger charge is 2.22. The van der Waals surface area contributed by atoms with Crippen molar-refractivity contribution in [1.82, 2.24) is 0 Å². The van der Waals surface area contributed by atoms with Crippen molar-refractivity contribution in [3.63, 3.8) is 0 Å². The molecule has 2 N–H and O–H groups in total. The lowest BCUT2D eigenvalue weighted by molar-refractivity contribution is 0.0535. The van der Waals surface area contributed by atoms with Crippen LogP contribution in [0.5, 0.6) is 0 Å². The fourth-order valence-corrected chi connectivity index (χ4v) is 1.60. The lowest BCUT2D eigenvalue weighted by Crippen LogP contribution is -2.05. The molecule has 2 rings (SSSR count). The SMILES string of the molecule is NCCc1cccc2c1COC2=O. The van der Waals surface area contributed by atoms with E-state index in [1.54, 1.807) is 6.07 Å². The number of carbonyl (C=O) groups excluding carboxylic acids is 1. The Balaban J connectivity index is 2.44. The van der Waals surface area contributed by atoms with E-state index in [1.807, 2.05) is 12.1 Å². The molecule has 0 aromatic heterocycles. The van der Waals surface area contributed by atoms with E-state index in [2.05, 4.69) is 0 Å². The molecule has 3 nitrogen and oxygen atoms in total. The molecule has 3 heteroatoms. The van der Waals surface area contributed by atoms with Crippen molar-refractivity contribution in [2.24, 2.45) is 5.73 Å². The molecule has 1 aliphatic heterocycles. The van der Waals surface area contributed by atoms with Gasteiger partial charge in [-0.1, -0.05) is 12.1 Å². The Labute approximate surface area is 76.5 Å². The third-order valence-corrected chi connectivity index (χ3v) is 2.25. The summed E-state index contributed by atoms with van der Waals surface area (Å²) in [6.45, 7) is 1.01. The number of cyclic esters (lactones) is 1. The number of nitrogens with two attached hydrogens (primary N) is 1. The molecule has 13 heavy (non-hydrogen) atoms. The number of esters is 1. The Kier molecular flexibility index (Phi) is 2.02. The minimum absolute atomic E-state index is 0.214. The minimum Gasteiger partial charge on any atom is -0.457 e. The van der Waals surface area contributed by atoms with Gasteiger partial charge < -0.3 is 10.5 Å². The normalized spacial score (nSPS) is 14.1. The van der Waals surface area contributed by atoms with Gasteiger partial charge in [0, 0.05) is 5.56 Å². The number of ether oxygens (including phenoxy) is 1. The van der Waals surface area contributed by atoms with Crippen molar-refractivity contribution in [2.45, 2.75) is 13.0 Å². The highest BCUT2D eigenvalue weighted by Crippen LogP contribution is 2.23. The van der Waals surface area contributed by atoms with Crippen LogP contribution in [0.3, 0.4) is 0 Å². The Morgan fingerprint density at radius 2 is 2.31 bits per heavy atom.